The highest BCUT2D eigenvalue weighted by atomic mass is 79.9. The average Bonchev–Trinajstić information content (AvgIpc) is 2.90. The second kappa shape index (κ2) is 6.73. The van der Waals surface area contributed by atoms with Gasteiger partial charge in [-0.25, -0.2) is 0 Å². The van der Waals surface area contributed by atoms with E-state index in [0.29, 0.717) is 6.54 Å². The van der Waals surface area contributed by atoms with Gasteiger partial charge in [-0.1, -0.05) is 46.3 Å². The van der Waals surface area contributed by atoms with Crippen LogP contribution >= 0.6 is 15.9 Å². The van der Waals surface area contributed by atoms with E-state index in [1.165, 1.54) is 0 Å². The maximum atomic E-state index is 11.3. The van der Waals surface area contributed by atoms with Gasteiger partial charge in [0, 0.05) is 33.7 Å². The molecule has 0 saturated carbocycles. The smallest absolute Gasteiger partial charge is 0.259 e. The van der Waals surface area contributed by atoms with Gasteiger partial charge >= 0.3 is 0 Å². The molecular weight excluding hydrogens is 366 g/mol. The SMILES string of the molecule is N#C/C(=C\c1cn(Cc2cccc(Br)c2)c2ccccc12)C(N)=O. The lowest BCUT2D eigenvalue weighted by atomic mass is 10.1. The van der Waals surface area contributed by atoms with Crippen LogP contribution in [0, 0.1) is 11.3 Å². The molecule has 1 heterocycles. The molecule has 0 radical (unpaired) electrons. The molecule has 0 aliphatic carbocycles. The number of aromatic nitrogens is 1. The van der Waals surface area contributed by atoms with E-state index < -0.39 is 5.91 Å². The summed E-state index contributed by atoms with van der Waals surface area (Å²) in [5.41, 5.74) is 8.17. The number of fused-ring (bicyclic) bond motifs is 1. The fourth-order valence-corrected chi connectivity index (χ4v) is 3.11. The molecule has 3 aromatic rings. The normalized spacial score (nSPS) is 11.4. The molecule has 0 saturated heterocycles. The van der Waals surface area contributed by atoms with Crippen molar-refractivity contribution in [3.05, 3.63) is 75.9 Å². The molecular formula is C19H14BrN3O. The zero-order valence-electron chi connectivity index (χ0n) is 12.7. The fourth-order valence-electron chi connectivity index (χ4n) is 2.67. The summed E-state index contributed by atoms with van der Waals surface area (Å²) < 4.78 is 3.12. The van der Waals surface area contributed by atoms with Gasteiger partial charge < -0.3 is 10.3 Å². The third-order valence-electron chi connectivity index (χ3n) is 3.75. The number of carbonyl (C=O) groups is 1. The largest absolute Gasteiger partial charge is 0.365 e. The molecule has 0 unspecified atom stereocenters. The number of primary amides is 1. The third kappa shape index (κ3) is 3.24. The van der Waals surface area contributed by atoms with Gasteiger partial charge in [0.1, 0.15) is 11.6 Å². The number of carbonyl (C=O) groups excluding carboxylic acids is 1. The van der Waals surface area contributed by atoms with E-state index in [-0.39, 0.29) is 5.57 Å². The minimum atomic E-state index is -0.721. The van der Waals surface area contributed by atoms with Crippen LogP contribution in [0.4, 0.5) is 0 Å². The third-order valence-corrected chi connectivity index (χ3v) is 4.24. The molecule has 1 amide bonds. The molecule has 3 rings (SSSR count). The standard InChI is InChI=1S/C19H14BrN3O/c20-16-5-3-4-13(8-16)11-23-12-15(9-14(10-21)19(22)24)17-6-1-2-7-18(17)23/h1-9,12H,11H2,(H2,22,24)/b14-9+. The molecule has 0 aliphatic rings. The Morgan fingerprint density at radius 1 is 1.25 bits per heavy atom. The molecule has 0 atom stereocenters. The predicted molar refractivity (Wildman–Crippen MR) is 98.0 cm³/mol. The first-order valence-corrected chi connectivity index (χ1v) is 8.11. The van der Waals surface area contributed by atoms with Gasteiger partial charge in [-0.05, 0) is 29.8 Å². The van der Waals surface area contributed by atoms with Crippen molar-refractivity contribution in [3.8, 4) is 6.07 Å². The van der Waals surface area contributed by atoms with E-state index in [2.05, 4.69) is 32.6 Å². The zero-order chi connectivity index (χ0) is 17.1. The molecule has 0 spiro atoms. The summed E-state index contributed by atoms with van der Waals surface area (Å²) in [4.78, 5) is 11.3. The van der Waals surface area contributed by atoms with Crippen LogP contribution < -0.4 is 5.73 Å². The number of amides is 1. The summed E-state index contributed by atoms with van der Waals surface area (Å²) >= 11 is 3.48. The quantitative estimate of drug-likeness (QED) is 0.552. The van der Waals surface area contributed by atoms with Gasteiger partial charge in [-0.2, -0.15) is 5.26 Å². The van der Waals surface area contributed by atoms with Crippen molar-refractivity contribution < 1.29 is 4.79 Å². The number of rotatable bonds is 4. The minimum Gasteiger partial charge on any atom is -0.365 e. The number of halogens is 1. The lowest BCUT2D eigenvalue weighted by Crippen LogP contribution is -2.12. The highest BCUT2D eigenvalue weighted by Gasteiger charge is 2.10. The van der Waals surface area contributed by atoms with Crippen molar-refractivity contribution in [3.63, 3.8) is 0 Å². The van der Waals surface area contributed by atoms with Gasteiger partial charge in [0.25, 0.3) is 5.91 Å². The second-order valence-corrected chi connectivity index (χ2v) is 6.31. The maximum Gasteiger partial charge on any atom is 0.259 e. The van der Waals surface area contributed by atoms with Gasteiger partial charge in [0.15, 0.2) is 0 Å². The van der Waals surface area contributed by atoms with Crippen LogP contribution in [0.5, 0.6) is 0 Å². The van der Waals surface area contributed by atoms with Crippen molar-refractivity contribution in [1.29, 1.82) is 5.26 Å². The van der Waals surface area contributed by atoms with E-state index in [9.17, 15) is 4.79 Å². The van der Waals surface area contributed by atoms with Crippen LogP contribution in [-0.2, 0) is 11.3 Å². The Morgan fingerprint density at radius 3 is 2.75 bits per heavy atom. The number of hydrogen-bond donors (Lipinski definition) is 1. The summed E-state index contributed by atoms with van der Waals surface area (Å²) in [7, 11) is 0. The number of nitriles is 1. The first-order valence-electron chi connectivity index (χ1n) is 7.32. The summed E-state index contributed by atoms with van der Waals surface area (Å²) in [6, 6.07) is 17.8. The number of hydrogen-bond acceptors (Lipinski definition) is 2. The molecule has 24 heavy (non-hydrogen) atoms. The molecule has 2 aromatic carbocycles. The van der Waals surface area contributed by atoms with E-state index in [1.807, 2.05) is 48.7 Å². The molecule has 0 bridgehead atoms. The van der Waals surface area contributed by atoms with Crippen LogP contribution in [0.1, 0.15) is 11.1 Å². The van der Waals surface area contributed by atoms with E-state index in [0.717, 1.165) is 26.5 Å². The average molecular weight is 380 g/mol. The van der Waals surface area contributed by atoms with Crippen LogP contribution in [0.15, 0.2) is 64.8 Å². The van der Waals surface area contributed by atoms with Crippen LogP contribution in [-0.4, -0.2) is 10.5 Å². The first-order chi connectivity index (χ1) is 11.6. The van der Waals surface area contributed by atoms with Gasteiger partial charge in [0.05, 0.1) is 0 Å². The molecule has 0 fully saturated rings. The minimum absolute atomic E-state index is 0.0552. The van der Waals surface area contributed by atoms with Crippen molar-refractivity contribution >= 4 is 38.8 Å². The zero-order valence-corrected chi connectivity index (χ0v) is 14.3. The fraction of sp³-hybridized carbons (Fsp3) is 0.0526. The van der Waals surface area contributed by atoms with E-state index in [4.69, 9.17) is 11.0 Å². The molecule has 1 aromatic heterocycles. The summed E-state index contributed by atoms with van der Waals surface area (Å²) in [5, 5.41) is 10.0. The highest BCUT2D eigenvalue weighted by Crippen LogP contribution is 2.25. The van der Waals surface area contributed by atoms with Gasteiger partial charge in [0.2, 0.25) is 0 Å². The number of nitrogens with zero attached hydrogens (tertiary/aromatic N) is 2. The number of nitrogens with two attached hydrogens (primary N) is 1. The molecule has 118 valence electrons. The van der Waals surface area contributed by atoms with Crippen molar-refractivity contribution in [2.24, 2.45) is 5.73 Å². The lowest BCUT2D eigenvalue weighted by molar-refractivity contribution is -0.114. The Hall–Kier alpha value is -2.84. The van der Waals surface area contributed by atoms with E-state index >= 15 is 0 Å². The summed E-state index contributed by atoms with van der Waals surface area (Å²) in [6.07, 6.45) is 3.48. The van der Waals surface area contributed by atoms with Crippen molar-refractivity contribution in [2.45, 2.75) is 6.54 Å². The van der Waals surface area contributed by atoms with E-state index in [1.54, 1.807) is 6.08 Å². The maximum absolute atomic E-state index is 11.3. The molecule has 2 N–H and O–H groups in total. The van der Waals surface area contributed by atoms with Gasteiger partial charge in [-0.3, -0.25) is 4.79 Å². The van der Waals surface area contributed by atoms with Crippen LogP contribution in [0.2, 0.25) is 0 Å². The molecule has 4 nitrogen and oxygen atoms in total. The Bertz CT molecular complexity index is 995. The first kappa shape index (κ1) is 16.0. The summed E-state index contributed by atoms with van der Waals surface area (Å²) in [5.74, 6) is -0.721. The molecule has 5 heteroatoms. The number of benzene rings is 2. The predicted octanol–water partition coefficient (Wildman–Crippen LogP) is 3.84. The second-order valence-electron chi connectivity index (χ2n) is 5.39. The lowest BCUT2D eigenvalue weighted by Gasteiger charge is -2.06. The topological polar surface area (TPSA) is 71.8 Å². The Kier molecular flexibility index (Phi) is 4.50. The van der Waals surface area contributed by atoms with Crippen LogP contribution in [0.3, 0.4) is 0 Å². The van der Waals surface area contributed by atoms with Crippen molar-refractivity contribution in [2.75, 3.05) is 0 Å². The Morgan fingerprint density at radius 2 is 2.04 bits per heavy atom. The van der Waals surface area contributed by atoms with Crippen LogP contribution in [0.25, 0.3) is 17.0 Å². The van der Waals surface area contributed by atoms with Gasteiger partial charge in [-0.15, -0.1) is 0 Å². The van der Waals surface area contributed by atoms with Crippen molar-refractivity contribution in [1.82, 2.24) is 4.57 Å². The monoisotopic (exact) mass is 379 g/mol. The Balaban J connectivity index is 2.10. The molecule has 0 aliphatic heterocycles. The summed E-state index contributed by atoms with van der Waals surface area (Å²) in [6.45, 7) is 0.687. The number of para-hydroxylation sites is 1. The Labute approximate surface area is 147 Å². The highest BCUT2D eigenvalue weighted by molar-refractivity contribution is 9.10.